The van der Waals surface area contributed by atoms with Crippen molar-refractivity contribution in [2.75, 3.05) is 14.2 Å². The van der Waals surface area contributed by atoms with Crippen molar-refractivity contribution in [3.05, 3.63) is 87.1 Å². The summed E-state index contributed by atoms with van der Waals surface area (Å²) in [4.78, 5) is 38.6. The van der Waals surface area contributed by atoms with Gasteiger partial charge in [-0.3, -0.25) is 10.1 Å². The van der Waals surface area contributed by atoms with Crippen LogP contribution in [0.4, 0.5) is 5.69 Å². The second-order valence-electron chi connectivity index (χ2n) is 6.18. The second kappa shape index (κ2) is 8.39. The van der Waals surface area contributed by atoms with E-state index in [9.17, 15) is 19.7 Å². The van der Waals surface area contributed by atoms with Gasteiger partial charge >= 0.3 is 11.9 Å². The molecule has 0 spiro atoms. The molecule has 148 valence electrons. The first-order valence-corrected chi connectivity index (χ1v) is 8.66. The van der Waals surface area contributed by atoms with E-state index in [0.29, 0.717) is 23.4 Å². The number of carbonyl (C=O) groups excluding carboxylic acids is 2. The lowest BCUT2D eigenvalue weighted by atomic mass is 10.0. The van der Waals surface area contributed by atoms with E-state index < -0.39 is 16.9 Å². The molecule has 0 aliphatic heterocycles. The summed E-state index contributed by atoms with van der Waals surface area (Å²) in [6.07, 6.45) is 0.349. The molecule has 1 N–H and O–H groups in total. The van der Waals surface area contributed by atoms with Crippen LogP contribution in [0.5, 0.6) is 0 Å². The number of ether oxygens (including phenoxy) is 2. The SMILES string of the molecule is COC(=O)c1c(Cc2ccccc2)[nH]c(-c2ccc([N+](=O)[O-])cc2)c1C(=O)OC. The van der Waals surface area contributed by atoms with Crippen LogP contribution in [-0.2, 0) is 15.9 Å². The maximum absolute atomic E-state index is 12.5. The van der Waals surface area contributed by atoms with Gasteiger partial charge in [-0.25, -0.2) is 9.59 Å². The molecule has 0 radical (unpaired) electrons. The first-order chi connectivity index (χ1) is 14.0. The molecule has 0 atom stereocenters. The number of benzene rings is 2. The number of hydrogen-bond donors (Lipinski definition) is 1. The third-order valence-corrected chi connectivity index (χ3v) is 4.45. The summed E-state index contributed by atoms with van der Waals surface area (Å²) in [6.45, 7) is 0. The average Bonchev–Trinajstić information content (AvgIpc) is 3.12. The normalized spacial score (nSPS) is 10.4. The van der Waals surface area contributed by atoms with Gasteiger partial charge in [0, 0.05) is 24.2 Å². The van der Waals surface area contributed by atoms with Gasteiger partial charge in [0.25, 0.3) is 5.69 Å². The van der Waals surface area contributed by atoms with Crippen LogP contribution >= 0.6 is 0 Å². The van der Waals surface area contributed by atoms with Crippen molar-refractivity contribution in [1.29, 1.82) is 0 Å². The van der Waals surface area contributed by atoms with E-state index in [2.05, 4.69) is 4.98 Å². The number of nitro groups is 1. The fourth-order valence-corrected chi connectivity index (χ4v) is 3.08. The van der Waals surface area contributed by atoms with Crippen LogP contribution in [0.3, 0.4) is 0 Å². The molecular formula is C21H18N2O6. The highest BCUT2D eigenvalue weighted by molar-refractivity contribution is 6.08. The fraction of sp³-hybridized carbons (Fsp3) is 0.143. The number of non-ortho nitro benzene ring substituents is 1. The summed E-state index contributed by atoms with van der Waals surface area (Å²) < 4.78 is 9.78. The maximum atomic E-state index is 12.5. The number of rotatable bonds is 6. The topological polar surface area (TPSA) is 112 Å². The Morgan fingerprint density at radius 2 is 1.52 bits per heavy atom. The van der Waals surface area contributed by atoms with Gasteiger partial charge in [-0.15, -0.1) is 0 Å². The first kappa shape index (κ1) is 19.8. The lowest BCUT2D eigenvalue weighted by Crippen LogP contribution is -2.12. The molecule has 1 heterocycles. The molecular weight excluding hydrogens is 376 g/mol. The van der Waals surface area contributed by atoms with Crippen LogP contribution in [0, 0.1) is 10.1 Å². The first-order valence-electron chi connectivity index (χ1n) is 8.66. The summed E-state index contributed by atoms with van der Waals surface area (Å²) >= 11 is 0. The standard InChI is InChI=1S/C21H18N2O6/c1-28-20(24)17-16(12-13-6-4-3-5-7-13)22-19(18(17)21(25)29-2)14-8-10-15(11-9-14)23(26)27/h3-11,22H,12H2,1-2H3. The van der Waals surface area contributed by atoms with Crippen molar-refractivity contribution in [3.8, 4) is 11.3 Å². The highest BCUT2D eigenvalue weighted by atomic mass is 16.6. The fourth-order valence-electron chi connectivity index (χ4n) is 3.08. The molecule has 2 aromatic carbocycles. The van der Waals surface area contributed by atoms with Crippen LogP contribution in [-0.4, -0.2) is 36.1 Å². The van der Waals surface area contributed by atoms with Crippen molar-refractivity contribution in [3.63, 3.8) is 0 Å². The molecule has 0 aliphatic rings. The van der Waals surface area contributed by atoms with Crippen molar-refractivity contribution >= 4 is 17.6 Å². The number of carbonyl (C=O) groups is 2. The minimum absolute atomic E-state index is 0.0270. The van der Waals surface area contributed by atoms with Crippen LogP contribution in [0.2, 0.25) is 0 Å². The van der Waals surface area contributed by atoms with Gasteiger partial charge in [-0.2, -0.15) is 0 Å². The number of methoxy groups -OCH3 is 2. The minimum atomic E-state index is -0.714. The van der Waals surface area contributed by atoms with Crippen LogP contribution < -0.4 is 0 Å². The number of nitrogens with one attached hydrogen (secondary N) is 1. The molecule has 1 aromatic heterocycles. The molecule has 0 saturated heterocycles. The zero-order valence-electron chi connectivity index (χ0n) is 15.8. The number of H-pyrrole nitrogens is 1. The second-order valence-corrected chi connectivity index (χ2v) is 6.18. The molecule has 0 aliphatic carbocycles. The highest BCUT2D eigenvalue weighted by Crippen LogP contribution is 2.32. The van der Waals surface area contributed by atoms with Gasteiger partial charge in [0.05, 0.1) is 36.0 Å². The predicted octanol–water partition coefficient (Wildman–Crippen LogP) is 3.75. The monoisotopic (exact) mass is 394 g/mol. The van der Waals surface area contributed by atoms with Gasteiger partial charge < -0.3 is 14.5 Å². The van der Waals surface area contributed by atoms with Gasteiger partial charge in [0.15, 0.2) is 0 Å². The minimum Gasteiger partial charge on any atom is -0.465 e. The number of hydrogen-bond acceptors (Lipinski definition) is 6. The number of nitro benzene ring substituents is 1. The van der Waals surface area contributed by atoms with Crippen molar-refractivity contribution in [2.24, 2.45) is 0 Å². The van der Waals surface area contributed by atoms with E-state index in [4.69, 9.17) is 9.47 Å². The van der Waals surface area contributed by atoms with Crippen LogP contribution in [0.25, 0.3) is 11.3 Å². The van der Waals surface area contributed by atoms with E-state index >= 15 is 0 Å². The molecule has 0 fully saturated rings. The Balaban J connectivity index is 2.20. The lowest BCUT2D eigenvalue weighted by molar-refractivity contribution is -0.384. The molecule has 0 amide bonds. The Labute approximate surface area is 166 Å². The van der Waals surface area contributed by atoms with Crippen molar-refractivity contribution in [2.45, 2.75) is 6.42 Å². The number of esters is 2. The Bertz CT molecular complexity index is 1050. The summed E-state index contributed by atoms with van der Waals surface area (Å²) in [5.74, 6) is -1.39. The van der Waals surface area contributed by atoms with Gasteiger partial charge in [-0.05, 0) is 23.3 Å². The molecule has 3 aromatic rings. The third-order valence-electron chi connectivity index (χ3n) is 4.45. The molecule has 0 unspecified atom stereocenters. The Morgan fingerprint density at radius 3 is 2.07 bits per heavy atom. The third kappa shape index (κ3) is 4.01. The van der Waals surface area contributed by atoms with E-state index in [1.165, 1.54) is 38.5 Å². The Hall–Kier alpha value is -3.94. The zero-order chi connectivity index (χ0) is 21.0. The molecule has 0 bridgehead atoms. The van der Waals surface area contributed by atoms with Gasteiger partial charge in [-0.1, -0.05) is 30.3 Å². The quantitative estimate of drug-likeness (QED) is 0.387. The zero-order valence-corrected chi connectivity index (χ0v) is 15.8. The molecule has 0 saturated carbocycles. The number of aromatic amines is 1. The smallest absolute Gasteiger partial charge is 0.340 e. The number of nitrogens with zero attached hydrogens (tertiary/aromatic N) is 1. The largest absolute Gasteiger partial charge is 0.465 e. The maximum Gasteiger partial charge on any atom is 0.340 e. The van der Waals surface area contributed by atoms with Gasteiger partial charge in [0.2, 0.25) is 0 Å². The average molecular weight is 394 g/mol. The van der Waals surface area contributed by atoms with E-state index in [0.717, 1.165) is 5.56 Å². The Kier molecular flexibility index (Phi) is 5.73. The highest BCUT2D eigenvalue weighted by Gasteiger charge is 2.30. The van der Waals surface area contributed by atoms with Crippen molar-refractivity contribution < 1.29 is 24.0 Å². The molecule has 3 rings (SSSR count). The van der Waals surface area contributed by atoms with Crippen LogP contribution in [0.1, 0.15) is 32.0 Å². The molecule has 8 nitrogen and oxygen atoms in total. The van der Waals surface area contributed by atoms with Gasteiger partial charge in [0.1, 0.15) is 0 Å². The summed E-state index contributed by atoms with van der Waals surface area (Å²) in [5, 5.41) is 10.9. The van der Waals surface area contributed by atoms with Crippen LogP contribution in [0.15, 0.2) is 54.6 Å². The van der Waals surface area contributed by atoms with E-state index in [-0.39, 0.29) is 16.8 Å². The van der Waals surface area contributed by atoms with E-state index in [1.54, 1.807) is 0 Å². The molecule has 29 heavy (non-hydrogen) atoms. The summed E-state index contributed by atoms with van der Waals surface area (Å²) in [6, 6.07) is 15.1. The lowest BCUT2D eigenvalue weighted by Gasteiger charge is -2.06. The predicted molar refractivity (Wildman–Crippen MR) is 105 cm³/mol. The number of aromatic nitrogens is 1. The summed E-state index contributed by atoms with van der Waals surface area (Å²) in [7, 11) is 2.45. The van der Waals surface area contributed by atoms with E-state index in [1.807, 2.05) is 30.3 Å². The summed E-state index contributed by atoms with van der Waals surface area (Å²) in [5.41, 5.74) is 2.26. The Morgan fingerprint density at radius 1 is 0.931 bits per heavy atom. The molecule has 8 heteroatoms. The van der Waals surface area contributed by atoms with Crippen molar-refractivity contribution in [1.82, 2.24) is 4.98 Å².